The Hall–Kier alpha value is -1.99. The highest BCUT2D eigenvalue weighted by Crippen LogP contribution is 2.38. The standard InChI is InChI=1S/C17H23NO6/c1-21-14-4-9(5-15(22-2)16(14)23-3)17(20)24-11-6-10-7-13(19)12(8-11)18-10/h4-5,10-13,18-19H,6-8H2,1-3H3. The minimum Gasteiger partial charge on any atom is -0.493 e. The molecule has 24 heavy (non-hydrogen) atoms. The number of rotatable bonds is 5. The zero-order valence-electron chi connectivity index (χ0n) is 14.1. The van der Waals surface area contributed by atoms with E-state index in [0.29, 0.717) is 42.1 Å². The van der Waals surface area contributed by atoms with Gasteiger partial charge in [-0.1, -0.05) is 0 Å². The number of aliphatic hydroxyl groups is 1. The van der Waals surface area contributed by atoms with Crippen LogP contribution < -0.4 is 19.5 Å². The van der Waals surface area contributed by atoms with Gasteiger partial charge in [-0.3, -0.25) is 0 Å². The molecule has 0 amide bonds. The van der Waals surface area contributed by atoms with Crippen LogP contribution in [0.5, 0.6) is 17.2 Å². The quantitative estimate of drug-likeness (QED) is 0.779. The van der Waals surface area contributed by atoms with E-state index in [1.807, 2.05) is 0 Å². The van der Waals surface area contributed by atoms with E-state index in [0.717, 1.165) is 0 Å². The van der Waals surface area contributed by atoms with E-state index in [9.17, 15) is 9.90 Å². The number of methoxy groups -OCH3 is 3. The molecule has 2 fully saturated rings. The Labute approximate surface area is 140 Å². The topological polar surface area (TPSA) is 86.3 Å². The molecule has 3 rings (SSSR count). The van der Waals surface area contributed by atoms with Crippen molar-refractivity contribution in [3.63, 3.8) is 0 Å². The van der Waals surface area contributed by atoms with Gasteiger partial charge in [-0.15, -0.1) is 0 Å². The number of aliphatic hydroxyl groups excluding tert-OH is 1. The number of fused-ring (bicyclic) bond motifs is 2. The summed E-state index contributed by atoms with van der Waals surface area (Å²) in [7, 11) is 4.51. The first kappa shape index (κ1) is 16.9. The van der Waals surface area contributed by atoms with Gasteiger partial charge < -0.3 is 29.4 Å². The minimum atomic E-state index is -0.435. The van der Waals surface area contributed by atoms with Crippen molar-refractivity contribution in [1.29, 1.82) is 0 Å². The molecule has 0 aliphatic carbocycles. The number of benzene rings is 1. The van der Waals surface area contributed by atoms with Crippen LogP contribution in [0.4, 0.5) is 0 Å². The Bertz CT molecular complexity index is 592. The first-order chi connectivity index (χ1) is 11.5. The summed E-state index contributed by atoms with van der Waals surface area (Å²) < 4.78 is 21.4. The summed E-state index contributed by atoms with van der Waals surface area (Å²) in [6.07, 6.45) is 1.48. The average molecular weight is 337 g/mol. The van der Waals surface area contributed by atoms with Gasteiger partial charge in [0.05, 0.1) is 33.0 Å². The lowest BCUT2D eigenvalue weighted by atomic mass is 10.0. The lowest BCUT2D eigenvalue weighted by Crippen LogP contribution is -2.44. The number of hydrogen-bond acceptors (Lipinski definition) is 7. The number of piperidine rings is 1. The molecule has 2 saturated heterocycles. The van der Waals surface area contributed by atoms with Crippen LogP contribution in [-0.2, 0) is 4.74 Å². The van der Waals surface area contributed by atoms with E-state index in [1.165, 1.54) is 21.3 Å². The Morgan fingerprint density at radius 3 is 2.29 bits per heavy atom. The van der Waals surface area contributed by atoms with Gasteiger partial charge in [0, 0.05) is 18.5 Å². The Morgan fingerprint density at radius 2 is 1.75 bits per heavy atom. The maximum absolute atomic E-state index is 12.5. The third kappa shape index (κ3) is 3.14. The highest BCUT2D eigenvalue weighted by Gasteiger charge is 2.41. The second-order valence-electron chi connectivity index (χ2n) is 6.19. The fourth-order valence-corrected chi connectivity index (χ4v) is 3.54. The molecule has 0 radical (unpaired) electrons. The number of carbonyl (C=O) groups is 1. The zero-order chi connectivity index (χ0) is 17.3. The molecule has 4 atom stereocenters. The Kier molecular flexibility index (Phi) is 4.82. The number of esters is 1. The first-order valence-corrected chi connectivity index (χ1v) is 8.00. The monoisotopic (exact) mass is 337 g/mol. The Balaban J connectivity index is 1.75. The van der Waals surface area contributed by atoms with E-state index in [2.05, 4.69) is 5.32 Å². The van der Waals surface area contributed by atoms with Crippen molar-refractivity contribution in [3.8, 4) is 17.2 Å². The molecule has 7 heteroatoms. The molecule has 4 unspecified atom stereocenters. The zero-order valence-corrected chi connectivity index (χ0v) is 14.1. The maximum Gasteiger partial charge on any atom is 0.338 e. The molecule has 2 heterocycles. The van der Waals surface area contributed by atoms with Crippen LogP contribution in [0.2, 0.25) is 0 Å². The maximum atomic E-state index is 12.5. The van der Waals surface area contributed by atoms with Crippen LogP contribution in [0.25, 0.3) is 0 Å². The predicted octanol–water partition coefficient (Wildman–Crippen LogP) is 1.12. The van der Waals surface area contributed by atoms with Crippen molar-refractivity contribution in [2.45, 2.75) is 43.6 Å². The molecule has 7 nitrogen and oxygen atoms in total. The van der Waals surface area contributed by atoms with Gasteiger partial charge in [-0.25, -0.2) is 4.79 Å². The second-order valence-corrected chi connectivity index (χ2v) is 6.19. The molecule has 1 aromatic rings. The third-order valence-electron chi connectivity index (χ3n) is 4.68. The molecule has 0 saturated carbocycles. The van der Waals surface area contributed by atoms with Crippen LogP contribution in [-0.4, -0.2) is 56.7 Å². The molecular formula is C17H23NO6. The normalized spacial score (nSPS) is 28.3. The van der Waals surface area contributed by atoms with Crippen molar-refractivity contribution >= 4 is 5.97 Å². The van der Waals surface area contributed by atoms with Crippen molar-refractivity contribution in [2.24, 2.45) is 0 Å². The van der Waals surface area contributed by atoms with Crippen LogP contribution >= 0.6 is 0 Å². The lowest BCUT2D eigenvalue weighted by molar-refractivity contribution is 0.0146. The molecule has 0 aromatic heterocycles. The predicted molar refractivity (Wildman–Crippen MR) is 85.9 cm³/mol. The average Bonchev–Trinajstić information content (AvgIpc) is 2.85. The van der Waals surface area contributed by atoms with Gasteiger partial charge in [0.25, 0.3) is 0 Å². The second kappa shape index (κ2) is 6.86. The van der Waals surface area contributed by atoms with Gasteiger partial charge in [0.15, 0.2) is 11.5 Å². The van der Waals surface area contributed by atoms with Gasteiger partial charge in [0.1, 0.15) is 6.10 Å². The number of ether oxygens (including phenoxy) is 4. The lowest BCUT2D eigenvalue weighted by Gasteiger charge is -2.29. The molecule has 2 N–H and O–H groups in total. The fourth-order valence-electron chi connectivity index (χ4n) is 3.54. The van der Waals surface area contributed by atoms with E-state index < -0.39 is 5.97 Å². The minimum absolute atomic E-state index is 0.00138. The van der Waals surface area contributed by atoms with E-state index in [4.69, 9.17) is 18.9 Å². The Morgan fingerprint density at radius 1 is 1.08 bits per heavy atom. The van der Waals surface area contributed by atoms with Crippen molar-refractivity contribution in [2.75, 3.05) is 21.3 Å². The number of hydrogen-bond donors (Lipinski definition) is 2. The van der Waals surface area contributed by atoms with Crippen LogP contribution in [0.3, 0.4) is 0 Å². The molecule has 0 spiro atoms. The van der Waals surface area contributed by atoms with Crippen molar-refractivity contribution < 1.29 is 28.8 Å². The summed E-state index contributed by atoms with van der Waals surface area (Å²) in [5, 5.41) is 13.2. The highest BCUT2D eigenvalue weighted by molar-refractivity contribution is 5.91. The summed E-state index contributed by atoms with van der Waals surface area (Å²) in [5.74, 6) is 0.809. The first-order valence-electron chi connectivity index (χ1n) is 8.00. The summed E-state index contributed by atoms with van der Waals surface area (Å²) >= 11 is 0. The summed E-state index contributed by atoms with van der Waals surface area (Å²) in [4.78, 5) is 12.5. The summed E-state index contributed by atoms with van der Waals surface area (Å²) in [6.45, 7) is 0. The molecular weight excluding hydrogens is 314 g/mol. The van der Waals surface area contributed by atoms with E-state index in [1.54, 1.807) is 12.1 Å². The van der Waals surface area contributed by atoms with Crippen molar-refractivity contribution in [3.05, 3.63) is 17.7 Å². The van der Waals surface area contributed by atoms with Crippen LogP contribution in [0, 0.1) is 0 Å². The molecule has 132 valence electrons. The van der Waals surface area contributed by atoms with Gasteiger partial charge in [-0.05, 0) is 25.0 Å². The number of carbonyl (C=O) groups excluding carboxylic acids is 1. The van der Waals surface area contributed by atoms with Gasteiger partial charge in [0.2, 0.25) is 5.75 Å². The van der Waals surface area contributed by atoms with Crippen molar-refractivity contribution in [1.82, 2.24) is 5.32 Å². The van der Waals surface area contributed by atoms with Crippen LogP contribution in [0.1, 0.15) is 29.6 Å². The van der Waals surface area contributed by atoms with E-state index in [-0.39, 0.29) is 24.3 Å². The largest absolute Gasteiger partial charge is 0.493 e. The summed E-state index contributed by atoms with van der Waals surface area (Å²) in [6, 6.07) is 3.36. The van der Waals surface area contributed by atoms with Gasteiger partial charge in [-0.2, -0.15) is 0 Å². The molecule has 1 aromatic carbocycles. The molecule has 2 bridgehead atoms. The SMILES string of the molecule is COc1cc(C(=O)OC2CC3CC(O)C(C2)N3)cc(OC)c1OC. The molecule has 2 aliphatic heterocycles. The van der Waals surface area contributed by atoms with Gasteiger partial charge >= 0.3 is 5.97 Å². The highest BCUT2D eigenvalue weighted by atomic mass is 16.5. The third-order valence-corrected chi connectivity index (χ3v) is 4.68. The smallest absolute Gasteiger partial charge is 0.338 e. The van der Waals surface area contributed by atoms with Crippen LogP contribution in [0.15, 0.2) is 12.1 Å². The molecule has 2 aliphatic rings. The number of nitrogens with one attached hydrogen (secondary N) is 1. The summed E-state index contributed by atoms with van der Waals surface area (Å²) in [5.41, 5.74) is 0.343. The van der Waals surface area contributed by atoms with E-state index >= 15 is 0 Å². The fraction of sp³-hybridized carbons (Fsp3) is 0.588.